The largest absolute Gasteiger partial charge is 0.456 e. The van der Waals surface area contributed by atoms with Gasteiger partial charge in [0.2, 0.25) is 6.54 Å². The van der Waals surface area contributed by atoms with Crippen molar-refractivity contribution >= 4 is 23.3 Å². The first-order valence-electron chi connectivity index (χ1n) is 8.11. The van der Waals surface area contributed by atoms with E-state index in [0.717, 1.165) is 6.07 Å². The maximum atomic E-state index is 13.0. The number of Topliss-reactive ketones (excluding diaryl/α,β-unsaturated/α-hetero) is 1. The fourth-order valence-electron chi connectivity index (χ4n) is 3.15. The third-order valence-electron chi connectivity index (χ3n) is 4.40. The minimum Gasteiger partial charge on any atom is -0.456 e. The van der Waals surface area contributed by atoms with Gasteiger partial charge in [0, 0.05) is 28.9 Å². The average Bonchev–Trinajstić information content (AvgIpc) is 2.79. The number of amides is 1. The lowest BCUT2D eigenvalue weighted by atomic mass is 9.88. The number of rotatable bonds is 7. The topological polar surface area (TPSA) is 116 Å². The van der Waals surface area contributed by atoms with Gasteiger partial charge >= 0.3 is 5.97 Å². The van der Waals surface area contributed by atoms with Crippen molar-refractivity contribution < 1.29 is 28.4 Å². The summed E-state index contributed by atoms with van der Waals surface area (Å²) in [6.07, 6.45) is -0.106. The molecule has 1 aliphatic rings. The first kappa shape index (κ1) is 19.5. The van der Waals surface area contributed by atoms with Crippen LogP contribution in [0.5, 0.6) is 0 Å². The molecule has 26 heavy (non-hydrogen) atoms. The second kappa shape index (κ2) is 8.50. The highest BCUT2D eigenvalue weighted by molar-refractivity contribution is 5.93. The molecule has 0 heterocycles. The second-order valence-corrected chi connectivity index (χ2v) is 6.36. The van der Waals surface area contributed by atoms with Gasteiger partial charge in [-0.1, -0.05) is 13.0 Å². The molecule has 1 N–H and O–H groups in total. The summed E-state index contributed by atoms with van der Waals surface area (Å²) in [6, 6.07) is 5.22. The van der Waals surface area contributed by atoms with Crippen molar-refractivity contribution in [2.45, 2.75) is 19.8 Å². The van der Waals surface area contributed by atoms with Crippen molar-refractivity contribution in [1.82, 2.24) is 0 Å². The molecular formula is C17H19FN2O6. The number of benzene rings is 1. The quantitative estimate of drug-likeness (QED) is 0.447. The van der Waals surface area contributed by atoms with Crippen molar-refractivity contribution in [2.75, 3.05) is 18.5 Å². The van der Waals surface area contributed by atoms with Gasteiger partial charge < -0.3 is 10.1 Å². The summed E-state index contributed by atoms with van der Waals surface area (Å²) in [6.45, 7) is 0.764. The molecule has 3 atom stereocenters. The Morgan fingerprint density at radius 2 is 2.15 bits per heavy atom. The molecule has 1 aromatic rings. The fourth-order valence-corrected chi connectivity index (χ4v) is 3.15. The SMILES string of the molecule is C[C@H]1CC(=O)[C@@H](CC(=O)OCC(=O)Nc2cccc(F)c2)[C@@H]1C[N+](=O)[O-]. The first-order valence-corrected chi connectivity index (χ1v) is 8.11. The zero-order valence-corrected chi connectivity index (χ0v) is 14.1. The summed E-state index contributed by atoms with van der Waals surface area (Å²) < 4.78 is 17.9. The summed E-state index contributed by atoms with van der Waals surface area (Å²) in [7, 11) is 0. The Balaban J connectivity index is 1.84. The lowest BCUT2D eigenvalue weighted by Crippen LogP contribution is -2.28. The first-order chi connectivity index (χ1) is 12.3. The zero-order valence-electron chi connectivity index (χ0n) is 14.1. The Kier molecular flexibility index (Phi) is 6.37. The van der Waals surface area contributed by atoms with Gasteiger partial charge in [-0.3, -0.25) is 24.5 Å². The number of ether oxygens (including phenoxy) is 1. The number of anilines is 1. The third-order valence-corrected chi connectivity index (χ3v) is 4.40. The van der Waals surface area contributed by atoms with Crippen LogP contribution in [0.1, 0.15) is 19.8 Å². The summed E-state index contributed by atoms with van der Waals surface area (Å²) in [5.74, 6) is -3.63. The van der Waals surface area contributed by atoms with Crippen LogP contribution in [-0.2, 0) is 19.1 Å². The van der Waals surface area contributed by atoms with Gasteiger partial charge in [-0.05, 0) is 24.1 Å². The highest BCUT2D eigenvalue weighted by atomic mass is 19.1. The van der Waals surface area contributed by atoms with Crippen LogP contribution in [0.3, 0.4) is 0 Å². The van der Waals surface area contributed by atoms with Crippen LogP contribution in [0.25, 0.3) is 0 Å². The van der Waals surface area contributed by atoms with E-state index < -0.39 is 41.1 Å². The molecular weight excluding hydrogens is 347 g/mol. The van der Waals surface area contributed by atoms with E-state index in [1.807, 2.05) is 0 Å². The lowest BCUT2D eigenvalue weighted by molar-refractivity contribution is -0.490. The van der Waals surface area contributed by atoms with Gasteiger partial charge in [0.05, 0.1) is 6.42 Å². The summed E-state index contributed by atoms with van der Waals surface area (Å²) in [4.78, 5) is 45.9. The van der Waals surface area contributed by atoms with E-state index in [-0.39, 0.29) is 36.8 Å². The third kappa shape index (κ3) is 5.33. The number of nitrogens with zero attached hydrogens (tertiary/aromatic N) is 1. The van der Waals surface area contributed by atoms with Gasteiger partial charge in [-0.2, -0.15) is 0 Å². The summed E-state index contributed by atoms with van der Waals surface area (Å²) in [5.41, 5.74) is 0.219. The van der Waals surface area contributed by atoms with Crippen LogP contribution in [0.4, 0.5) is 10.1 Å². The minimum absolute atomic E-state index is 0.179. The van der Waals surface area contributed by atoms with Gasteiger partial charge in [0.15, 0.2) is 6.61 Å². The number of nitro groups is 1. The van der Waals surface area contributed by atoms with E-state index in [1.54, 1.807) is 6.92 Å². The molecule has 0 unspecified atom stereocenters. The maximum Gasteiger partial charge on any atom is 0.307 e. The van der Waals surface area contributed by atoms with E-state index >= 15 is 0 Å². The van der Waals surface area contributed by atoms with E-state index in [9.17, 15) is 28.9 Å². The highest BCUT2D eigenvalue weighted by Gasteiger charge is 2.44. The smallest absolute Gasteiger partial charge is 0.307 e. The number of esters is 1. The van der Waals surface area contributed by atoms with Crippen LogP contribution < -0.4 is 5.32 Å². The molecule has 140 valence electrons. The number of hydrogen-bond donors (Lipinski definition) is 1. The molecule has 1 aromatic carbocycles. The van der Waals surface area contributed by atoms with Crippen molar-refractivity contribution in [3.05, 3.63) is 40.2 Å². The number of carbonyl (C=O) groups excluding carboxylic acids is 3. The van der Waals surface area contributed by atoms with E-state index in [1.165, 1.54) is 18.2 Å². The molecule has 1 amide bonds. The monoisotopic (exact) mass is 366 g/mol. The molecule has 0 radical (unpaired) electrons. The normalized spacial score (nSPS) is 22.1. The molecule has 8 nitrogen and oxygen atoms in total. The standard InChI is InChI=1S/C17H19FN2O6/c1-10-5-15(21)13(14(10)8-20(24)25)7-17(23)26-9-16(22)19-12-4-2-3-11(18)6-12/h2-4,6,10,13-14H,5,7-9H2,1H3,(H,19,22)/t10-,13-,14+/m0/s1. The summed E-state index contributed by atoms with van der Waals surface area (Å²) in [5, 5.41) is 13.1. The van der Waals surface area contributed by atoms with E-state index in [2.05, 4.69) is 5.32 Å². The highest BCUT2D eigenvalue weighted by Crippen LogP contribution is 2.36. The molecule has 0 aliphatic heterocycles. The zero-order chi connectivity index (χ0) is 19.3. The predicted octanol–water partition coefficient (Wildman–Crippen LogP) is 1.82. The van der Waals surface area contributed by atoms with Gasteiger partial charge in [0.25, 0.3) is 5.91 Å². The Hall–Kier alpha value is -2.84. The van der Waals surface area contributed by atoms with Crippen LogP contribution in [0.2, 0.25) is 0 Å². The molecule has 0 aromatic heterocycles. The minimum atomic E-state index is -0.778. The Morgan fingerprint density at radius 1 is 1.42 bits per heavy atom. The maximum absolute atomic E-state index is 13.0. The number of hydrogen-bond acceptors (Lipinski definition) is 6. The molecule has 2 rings (SSSR count). The van der Waals surface area contributed by atoms with Crippen molar-refractivity contribution in [1.29, 1.82) is 0 Å². The van der Waals surface area contributed by atoms with Crippen LogP contribution in [0.15, 0.2) is 24.3 Å². The molecule has 1 aliphatic carbocycles. The number of nitrogens with one attached hydrogen (secondary N) is 1. The lowest BCUT2D eigenvalue weighted by Gasteiger charge is -2.17. The van der Waals surface area contributed by atoms with Crippen molar-refractivity contribution in [3.63, 3.8) is 0 Å². The number of halogens is 1. The molecule has 0 saturated heterocycles. The molecule has 1 fully saturated rings. The number of carbonyl (C=O) groups is 3. The molecule has 0 bridgehead atoms. The molecule has 1 saturated carbocycles. The fraction of sp³-hybridized carbons (Fsp3) is 0.471. The van der Waals surface area contributed by atoms with E-state index in [0.29, 0.717) is 0 Å². The second-order valence-electron chi connectivity index (χ2n) is 6.36. The van der Waals surface area contributed by atoms with Gasteiger partial charge in [-0.15, -0.1) is 0 Å². The van der Waals surface area contributed by atoms with Crippen LogP contribution in [0, 0.1) is 33.7 Å². The molecule has 0 spiro atoms. The van der Waals surface area contributed by atoms with Crippen LogP contribution in [-0.4, -0.2) is 35.7 Å². The van der Waals surface area contributed by atoms with Gasteiger partial charge in [0.1, 0.15) is 11.6 Å². The number of ketones is 1. The van der Waals surface area contributed by atoms with Crippen molar-refractivity contribution in [3.8, 4) is 0 Å². The predicted molar refractivity (Wildman–Crippen MR) is 88.2 cm³/mol. The van der Waals surface area contributed by atoms with Crippen molar-refractivity contribution in [2.24, 2.45) is 17.8 Å². The van der Waals surface area contributed by atoms with Gasteiger partial charge in [-0.25, -0.2) is 4.39 Å². The van der Waals surface area contributed by atoms with Crippen LogP contribution >= 0.6 is 0 Å². The summed E-state index contributed by atoms with van der Waals surface area (Å²) >= 11 is 0. The Bertz CT molecular complexity index is 723. The van der Waals surface area contributed by atoms with E-state index in [4.69, 9.17) is 4.74 Å². The Morgan fingerprint density at radius 3 is 2.81 bits per heavy atom. The average molecular weight is 366 g/mol. The molecule has 9 heteroatoms. The Labute approximate surface area is 148 Å².